The topological polar surface area (TPSA) is 60.2 Å². The average Bonchev–Trinajstić information content (AvgIpc) is 3.34. The zero-order valence-corrected chi connectivity index (χ0v) is 13.9. The third-order valence-corrected chi connectivity index (χ3v) is 4.86. The van der Waals surface area contributed by atoms with E-state index in [1.807, 2.05) is 11.2 Å². The van der Waals surface area contributed by atoms with Crippen LogP contribution in [0.5, 0.6) is 0 Å². The fraction of sp³-hybridized carbons (Fsp3) is 0.500. The molecule has 0 unspecified atom stereocenters. The van der Waals surface area contributed by atoms with E-state index in [-0.39, 0.29) is 11.8 Å². The number of imidazole rings is 1. The Morgan fingerprint density at radius 1 is 1.33 bits per heavy atom. The fourth-order valence-electron chi connectivity index (χ4n) is 3.51. The summed E-state index contributed by atoms with van der Waals surface area (Å²) in [6.07, 6.45) is 7.87. The Morgan fingerprint density at radius 3 is 2.83 bits per heavy atom. The van der Waals surface area contributed by atoms with Gasteiger partial charge in [-0.3, -0.25) is 9.78 Å². The van der Waals surface area contributed by atoms with E-state index in [9.17, 15) is 4.79 Å². The number of hydrogen-bond acceptors (Lipinski definition) is 4. The van der Waals surface area contributed by atoms with E-state index < -0.39 is 0 Å². The Hall–Kier alpha value is -2.21. The standard InChI is InChI=1S/C18H22N4O2/c1-24-11-15-9-21(18(23)14-4-6-19-7-5-14)10-16-17(15)22(12-20-16)8-13-2-3-13/h4-7,12-13,15H,2-3,8-11H2,1H3/t15-/m0/s1. The number of pyridine rings is 1. The van der Waals surface area contributed by atoms with Gasteiger partial charge in [0, 0.05) is 49.8 Å². The van der Waals surface area contributed by atoms with Gasteiger partial charge in [-0.05, 0) is 30.9 Å². The molecule has 0 saturated heterocycles. The van der Waals surface area contributed by atoms with Crippen molar-refractivity contribution in [3.05, 3.63) is 47.8 Å². The first-order valence-electron chi connectivity index (χ1n) is 8.48. The quantitative estimate of drug-likeness (QED) is 0.844. The van der Waals surface area contributed by atoms with Gasteiger partial charge in [0.05, 0.1) is 25.2 Å². The van der Waals surface area contributed by atoms with Crippen molar-refractivity contribution in [1.29, 1.82) is 0 Å². The van der Waals surface area contributed by atoms with E-state index in [0.29, 0.717) is 25.3 Å². The minimum atomic E-state index is 0.0286. The Kier molecular flexibility index (Phi) is 4.06. The SMILES string of the molecule is COC[C@@H]1CN(C(=O)c2ccncc2)Cc2ncn(CC3CC3)c21. The Bertz CT molecular complexity index is 724. The Morgan fingerprint density at radius 2 is 2.12 bits per heavy atom. The first-order chi connectivity index (χ1) is 11.8. The monoisotopic (exact) mass is 326 g/mol. The summed E-state index contributed by atoms with van der Waals surface area (Å²) in [4.78, 5) is 23.2. The van der Waals surface area contributed by atoms with Crippen LogP contribution in [0.3, 0.4) is 0 Å². The molecule has 1 saturated carbocycles. The summed E-state index contributed by atoms with van der Waals surface area (Å²) in [7, 11) is 1.71. The summed E-state index contributed by atoms with van der Waals surface area (Å²) < 4.78 is 7.71. The molecule has 6 heteroatoms. The van der Waals surface area contributed by atoms with Crippen LogP contribution in [0.25, 0.3) is 0 Å². The predicted molar refractivity (Wildman–Crippen MR) is 88.5 cm³/mol. The molecule has 0 spiro atoms. The van der Waals surface area contributed by atoms with Crippen LogP contribution < -0.4 is 0 Å². The number of methoxy groups -OCH3 is 1. The first kappa shape index (κ1) is 15.3. The van der Waals surface area contributed by atoms with Crippen molar-refractivity contribution >= 4 is 5.91 Å². The molecule has 2 aromatic rings. The molecule has 126 valence electrons. The van der Waals surface area contributed by atoms with Gasteiger partial charge in [0.2, 0.25) is 0 Å². The van der Waals surface area contributed by atoms with Crippen molar-refractivity contribution in [1.82, 2.24) is 19.4 Å². The van der Waals surface area contributed by atoms with Crippen LogP contribution in [0.15, 0.2) is 30.9 Å². The van der Waals surface area contributed by atoms with Crippen molar-refractivity contribution in [3.63, 3.8) is 0 Å². The number of carbonyl (C=O) groups is 1. The second-order valence-corrected chi connectivity index (χ2v) is 6.75. The van der Waals surface area contributed by atoms with Crippen LogP contribution in [0.2, 0.25) is 0 Å². The number of nitrogens with zero attached hydrogens (tertiary/aromatic N) is 4. The van der Waals surface area contributed by atoms with Crippen molar-refractivity contribution in [2.24, 2.45) is 5.92 Å². The first-order valence-corrected chi connectivity index (χ1v) is 8.48. The molecule has 6 nitrogen and oxygen atoms in total. The van der Waals surface area contributed by atoms with Crippen molar-refractivity contribution < 1.29 is 9.53 Å². The van der Waals surface area contributed by atoms with Gasteiger partial charge in [0.1, 0.15) is 0 Å². The lowest BCUT2D eigenvalue weighted by atomic mass is 9.98. The normalized spacial score (nSPS) is 20.0. The number of rotatable bonds is 5. The molecule has 3 heterocycles. The van der Waals surface area contributed by atoms with E-state index in [1.165, 1.54) is 18.5 Å². The molecule has 1 aliphatic carbocycles. The number of fused-ring (bicyclic) bond motifs is 1. The number of ether oxygens (including phenoxy) is 1. The molecular weight excluding hydrogens is 304 g/mol. The summed E-state index contributed by atoms with van der Waals surface area (Å²) in [5, 5.41) is 0. The van der Waals surface area contributed by atoms with Gasteiger partial charge in [0.15, 0.2) is 0 Å². The Balaban J connectivity index is 1.60. The summed E-state index contributed by atoms with van der Waals surface area (Å²) in [6, 6.07) is 3.52. The lowest BCUT2D eigenvalue weighted by Crippen LogP contribution is -2.40. The Labute approximate surface area is 141 Å². The minimum Gasteiger partial charge on any atom is -0.384 e. The molecule has 0 bridgehead atoms. The van der Waals surface area contributed by atoms with E-state index in [4.69, 9.17) is 4.74 Å². The lowest BCUT2D eigenvalue weighted by molar-refractivity contribution is 0.0672. The molecule has 0 aromatic carbocycles. The van der Waals surface area contributed by atoms with Crippen LogP contribution in [0.1, 0.15) is 40.5 Å². The van der Waals surface area contributed by atoms with Gasteiger partial charge in [-0.1, -0.05) is 0 Å². The third-order valence-electron chi connectivity index (χ3n) is 4.86. The highest BCUT2D eigenvalue weighted by Gasteiger charge is 2.33. The van der Waals surface area contributed by atoms with Gasteiger partial charge >= 0.3 is 0 Å². The van der Waals surface area contributed by atoms with Crippen LogP contribution in [0.4, 0.5) is 0 Å². The third kappa shape index (κ3) is 2.94. The van der Waals surface area contributed by atoms with Gasteiger partial charge in [0.25, 0.3) is 5.91 Å². The molecule has 2 aliphatic rings. The second kappa shape index (κ2) is 6.36. The van der Waals surface area contributed by atoms with Crippen LogP contribution in [-0.2, 0) is 17.8 Å². The van der Waals surface area contributed by atoms with E-state index in [1.54, 1.807) is 31.6 Å². The molecule has 1 fully saturated rings. The molecular formula is C18H22N4O2. The fourth-order valence-corrected chi connectivity index (χ4v) is 3.51. The molecule has 0 radical (unpaired) electrons. The zero-order chi connectivity index (χ0) is 16.5. The number of hydrogen-bond donors (Lipinski definition) is 0. The number of amides is 1. The predicted octanol–water partition coefficient (Wildman–Crippen LogP) is 2.07. The molecule has 1 aliphatic heterocycles. The van der Waals surface area contributed by atoms with Crippen molar-refractivity contribution in [3.8, 4) is 0 Å². The molecule has 1 atom stereocenters. The molecule has 0 N–H and O–H groups in total. The summed E-state index contributed by atoms with van der Waals surface area (Å²) >= 11 is 0. The van der Waals surface area contributed by atoms with Gasteiger partial charge in [-0.25, -0.2) is 4.98 Å². The van der Waals surface area contributed by atoms with Crippen molar-refractivity contribution in [2.75, 3.05) is 20.3 Å². The van der Waals surface area contributed by atoms with E-state index in [0.717, 1.165) is 18.2 Å². The summed E-state index contributed by atoms with van der Waals surface area (Å²) in [6.45, 7) is 2.87. The minimum absolute atomic E-state index is 0.0286. The maximum atomic E-state index is 12.8. The highest BCUT2D eigenvalue weighted by molar-refractivity contribution is 5.94. The van der Waals surface area contributed by atoms with E-state index >= 15 is 0 Å². The zero-order valence-electron chi connectivity index (χ0n) is 13.9. The van der Waals surface area contributed by atoms with Crippen LogP contribution >= 0.6 is 0 Å². The molecule has 4 rings (SSSR count). The largest absolute Gasteiger partial charge is 0.384 e. The van der Waals surface area contributed by atoms with Crippen LogP contribution in [0, 0.1) is 5.92 Å². The summed E-state index contributed by atoms with van der Waals surface area (Å²) in [5.74, 6) is 0.995. The highest BCUT2D eigenvalue weighted by atomic mass is 16.5. The maximum absolute atomic E-state index is 12.8. The van der Waals surface area contributed by atoms with Crippen molar-refractivity contribution in [2.45, 2.75) is 31.8 Å². The maximum Gasteiger partial charge on any atom is 0.254 e. The van der Waals surface area contributed by atoms with E-state index in [2.05, 4.69) is 14.5 Å². The second-order valence-electron chi connectivity index (χ2n) is 6.75. The molecule has 24 heavy (non-hydrogen) atoms. The smallest absolute Gasteiger partial charge is 0.254 e. The average molecular weight is 326 g/mol. The lowest BCUT2D eigenvalue weighted by Gasteiger charge is -2.33. The highest BCUT2D eigenvalue weighted by Crippen LogP contribution is 2.34. The number of carbonyl (C=O) groups excluding carboxylic acids is 1. The van der Waals surface area contributed by atoms with Gasteiger partial charge in [-0.2, -0.15) is 0 Å². The molecule has 2 aromatic heterocycles. The summed E-state index contributed by atoms with van der Waals surface area (Å²) in [5.41, 5.74) is 2.93. The van der Waals surface area contributed by atoms with Crippen LogP contribution in [-0.4, -0.2) is 45.6 Å². The van der Waals surface area contributed by atoms with Gasteiger partial charge < -0.3 is 14.2 Å². The molecule has 1 amide bonds. The number of aromatic nitrogens is 3. The van der Waals surface area contributed by atoms with Gasteiger partial charge in [-0.15, -0.1) is 0 Å².